The predicted octanol–water partition coefficient (Wildman–Crippen LogP) is 3.84. The minimum Gasteiger partial charge on any atom is -0.467 e. The molecule has 3 aromatic heterocycles. The van der Waals surface area contributed by atoms with Gasteiger partial charge >= 0.3 is 0 Å². The summed E-state index contributed by atoms with van der Waals surface area (Å²) >= 11 is 1.67. The molecule has 4 heterocycles. The van der Waals surface area contributed by atoms with Crippen molar-refractivity contribution >= 4 is 11.8 Å². The van der Waals surface area contributed by atoms with Crippen molar-refractivity contribution < 1.29 is 13.6 Å². The Morgan fingerprint density at radius 2 is 2.04 bits per heavy atom. The fourth-order valence-corrected chi connectivity index (χ4v) is 3.85. The molecule has 0 radical (unpaired) electrons. The topological polar surface area (TPSA) is 66.2 Å². The molecule has 0 unspecified atom stereocenters. The van der Waals surface area contributed by atoms with E-state index in [4.69, 9.17) is 13.6 Å². The van der Waals surface area contributed by atoms with Crippen LogP contribution < -0.4 is 0 Å². The molecule has 0 saturated carbocycles. The molecule has 3 aromatic rings. The third-order valence-electron chi connectivity index (χ3n) is 4.07. The summed E-state index contributed by atoms with van der Waals surface area (Å²) in [5.74, 6) is 3.14. The van der Waals surface area contributed by atoms with Crippen molar-refractivity contribution in [1.82, 2.24) is 14.8 Å². The fourth-order valence-electron chi connectivity index (χ4n) is 2.86. The second-order valence-electron chi connectivity index (χ2n) is 5.91. The third-order valence-corrected chi connectivity index (χ3v) is 5.17. The maximum atomic E-state index is 5.89. The van der Waals surface area contributed by atoms with Crippen LogP contribution in [0, 0.1) is 0 Å². The van der Waals surface area contributed by atoms with E-state index in [1.54, 1.807) is 24.3 Å². The summed E-state index contributed by atoms with van der Waals surface area (Å²) in [6.45, 7) is 2.69. The minimum absolute atomic E-state index is 0.283. The van der Waals surface area contributed by atoms with Crippen LogP contribution in [0.1, 0.15) is 25.5 Å². The van der Waals surface area contributed by atoms with E-state index in [0.29, 0.717) is 24.2 Å². The number of nitrogens with zero attached hydrogens (tertiary/aromatic N) is 3. The molecule has 0 spiro atoms. The van der Waals surface area contributed by atoms with Crippen LogP contribution in [0.25, 0.3) is 11.6 Å². The Morgan fingerprint density at radius 3 is 2.75 bits per heavy atom. The van der Waals surface area contributed by atoms with E-state index in [2.05, 4.69) is 17.1 Å². The molecule has 1 fully saturated rings. The summed E-state index contributed by atoms with van der Waals surface area (Å²) in [5, 5.41) is 9.51. The van der Waals surface area contributed by atoms with Gasteiger partial charge in [0.2, 0.25) is 5.82 Å². The number of hydrogen-bond acceptors (Lipinski definition) is 6. The summed E-state index contributed by atoms with van der Waals surface area (Å²) in [6.07, 6.45) is 6.18. The lowest BCUT2D eigenvalue weighted by atomic mass is 10.2. The number of ether oxygens (including phenoxy) is 1. The van der Waals surface area contributed by atoms with Gasteiger partial charge in [-0.3, -0.25) is 4.57 Å². The summed E-state index contributed by atoms with van der Waals surface area (Å²) < 4.78 is 18.9. The number of thioether (sulfide) groups is 1. The highest BCUT2D eigenvalue weighted by atomic mass is 32.2. The third kappa shape index (κ3) is 3.27. The normalized spacial score (nSPS) is 20.7. The highest BCUT2D eigenvalue weighted by Gasteiger charge is 2.24. The second kappa shape index (κ2) is 6.86. The van der Waals surface area contributed by atoms with Gasteiger partial charge in [0.15, 0.2) is 10.9 Å². The van der Waals surface area contributed by atoms with Gasteiger partial charge in [-0.05, 0) is 44.0 Å². The van der Waals surface area contributed by atoms with Gasteiger partial charge < -0.3 is 13.6 Å². The summed E-state index contributed by atoms with van der Waals surface area (Å²) in [5.41, 5.74) is 0. The molecule has 0 aromatic carbocycles. The zero-order chi connectivity index (χ0) is 16.4. The van der Waals surface area contributed by atoms with Gasteiger partial charge in [0.1, 0.15) is 5.76 Å². The van der Waals surface area contributed by atoms with Crippen LogP contribution in [0.5, 0.6) is 0 Å². The second-order valence-corrected chi connectivity index (χ2v) is 6.89. The average Bonchev–Trinajstić information content (AvgIpc) is 3.34. The SMILES string of the molecule is C[C@@H]1CC[C@@H](CSc2nnc(-c3ccco3)n2Cc2ccco2)O1. The Kier molecular flexibility index (Phi) is 4.44. The van der Waals surface area contributed by atoms with E-state index in [-0.39, 0.29) is 6.10 Å². The zero-order valence-electron chi connectivity index (χ0n) is 13.4. The maximum absolute atomic E-state index is 5.89. The monoisotopic (exact) mass is 345 g/mol. The molecule has 24 heavy (non-hydrogen) atoms. The Morgan fingerprint density at radius 1 is 1.17 bits per heavy atom. The molecular weight excluding hydrogens is 326 g/mol. The number of furan rings is 2. The summed E-state index contributed by atoms with van der Waals surface area (Å²) in [6, 6.07) is 7.57. The first kappa shape index (κ1) is 15.5. The molecule has 0 amide bonds. The van der Waals surface area contributed by atoms with Crippen LogP contribution in [0.3, 0.4) is 0 Å². The Hall–Kier alpha value is -1.99. The zero-order valence-corrected chi connectivity index (χ0v) is 14.2. The average molecular weight is 345 g/mol. The van der Waals surface area contributed by atoms with Crippen LogP contribution in [0.15, 0.2) is 50.8 Å². The molecule has 6 nitrogen and oxygen atoms in total. The fraction of sp³-hybridized carbons (Fsp3) is 0.412. The lowest BCUT2D eigenvalue weighted by Gasteiger charge is -2.11. The molecule has 126 valence electrons. The van der Waals surface area contributed by atoms with Crippen LogP contribution in [0.2, 0.25) is 0 Å². The number of rotatable bonds is 6. The standard InChI is InChI=1S/C17H19N3O3S/c1-12-6-7-14(23-12)11-24-17-19-18-16(15-5-3-9-22-15)20(17)10-13-4-2-8-21-13/h2-5,8-9,12,14H,6-7,10-11H2,1H3/t12-,14+/m1/s1. The van der Waals surface area contributed by atoms with Gasteiger partial charge in [-0.25, -0.2) is 0 Å². The van der Waals surface area contributed by atoms with Gasteiger partial charge in [0.25, 0.3) is 0 Å². The van der Waals surface area contributed by atoms with E-state index in [9.17, 15) is 0 Å². The Balaban J connectivity index is 1.56. The lowest BCUT2D eigenvalue weighted by Crippen LogP contribution is -2.12. The molecular formula is C17H19N3O3S. The quantitative estimate of drug-likeness (QED) is 0.632. The first-order valence-corrected chi connectivity index (χ1v) is 9.06. The number of aromatic nitrogens is 3. The summed E-state index contributed by atoms with van der Waals surface area (Å²) in [4.78, 5) is 0. The largest absolute Gasteiger partial charge is 0.467 e. The van der Waals surface area contributed by atoms with Crippen molar-refractivity contribution in [3.63, 3.8) is 0 Å². The van der Waals surface area contributed by atoms with Crippen LogP contribution >= 0.6 is 11.8 Å². The minimum atomic E-state index is 0.283. The first-order valence-electron chi connectivity index (χ1n) is 8.07. The Labute approximate surface area is 144 Å². The highest BCUT2D eigenvalue weighted by Crippen LogP contribution is 2.29. The van der Waals surface area contributed by atoms with Gasteiger partial charge in [-0.15, -0.1) is 10.2 Å². The molecule has 0 aliphatic carbocycles. The highest BCUT2D eigenvalue weighted by molar-refractivity contribution is 7.99. The Bertz CT molecular complexity index is 767. The molecule has 7 heteroatoms. The van der Waals surface area contributed by atoms with Crippen LogP contribution in [0.4, 0.5) is 0 Å². The van der Waals surface area contributed by atoms with E-state index in [0.717, 1.165) is 29.5 Å². The van der Waals surface area contributed by atoms with E-state index in [1.807, 2.05) is 28.8 Å². The van der Waals surface area contributed by atoms with E-state index >= 15 is 0 Å². The van der Waals surface area contributed by atoms with Crippen molar-refractivity contribution in [2.45, 2.75) is 43.7 Å². The van der Waals surface area contributed by atoms with E-state index in [1.165, 1.54) is 0 Å². The van der Waals surface area contributed by atoms with Crippen molar-refractivity contribution in [3.05, 3.63) is 42.6 Å². The van der Waals surface area contributed by atoms with Crippen molar-refractivity contribution in [2.75, 3.05) is 5.75 Å². The lowest BCUT2D eigenvalue weighted by molar-refractivity contribution is 0.0699. The van der Waals surface area contributed by atoms with Crippen molar-refractivity contribution in [2.24, 2.45) is 0 Å². The molecule has 0 bridgehead atoms. The molecule has 0 N–H and O–H groups in total. The molecule has 4 rings (SSSR count). The van der Waals surface area contributed by atoms with Crippen LogP contribution in [-0.4, -0.2) is 32.7 Å². The smallest absolute Gasteiger partial charge is 0.200 e. The van der Waals surface area contributed by atoms with Gasteiger partial charge in [-0.1, -0.05) is 11.8 Å². The van der Waals surface area contributed by atoms with Gasteiger partial charge in [-0.2, -0.15) is 0 Å². The maximum Gasteiger partial charge on any atom is 0.200 e. The van der Waals surface area contributed by atoms with Gasteiger partial charge in [0, 0.05) is 5.75 Å². The number of hydrogen-bond donors (Lipinski definition) is 0. The van der Waals surface area contributed by atoms with Crippen molar-refractivity contribution in [1.29, 1.82) is 0 Å². The predicted molar refractivity (Wildman–Crippen MR) is 89.8 cm³/mol. The molecule has 1 saturated heterocycles. The molecule has 1 aliphatic heterocycles. The molecule has 2 atom stereocenters. The van der Waals surface area contributed by atoms with Gasteiger partial charge in [0.05, 0.1) is 31.3 Å². The van der Waals surface area contributed by atoms with Crippen LogP contribution in [-0.2, 0) is 11.3 Å². The van der Waals surface area contributed by atoms with Crippen molar-refractivity contribution in [3.8, 4) is 11.6 Å². The van der Waals surface area contributed by atoms with E-state index < -0.39 is 0 Å². The first-order chi connectivity index (χ1) is 11.8. The molecule has 1 aliphatic rings. The summed E-state index contributed by atoms with van der Waals surface area (Å²) in [7, 11) is 0.